The van der Waals surface area contributed by atoms with Crippen LogP contribution in [0.2, 0.25) is 81.6 Å². The summed E-state index contributed by atoms with van der Waals surface area (Å²) in [4.78, 5) is 10.0. The molecule has 0 aliphatic rings. The van der Waals surface area contributed by atoms with Crippen LogP contribution >= 0.6 is 0 Å². The van der Waals surface area contributed by atoms with Crippen molar-refractivity contribution < 1.29 is 27.2 Å². The van der Waals surface area contributed by atoms with Crippen molar-refractivity contribution in [1.82, 2.24) is 0 Å². The largest absolute Gasteiger partial charge is 0.500 e. The Bertz CT molecular complexity index is 838. The minimum atomic E-state index is -2.38. The average molecular weight is 892 g/mol. The molecule has 57 heavy (non-hydrogen) atoms. The van der Waals surface area contributed by atoms with E-state index in [-0.39, 0.29) is 0 Å². The van der Waals surface area contributed by atoms with Crippen molar-refractivity contribution in [2.24, 2.45) is 0 Å². The van der Waals surface area contributed by atoms with Crippen LogP contribution in [-0.4, -0.2) is 77.6 Å². The lowest BCUT2D eigenvalue weighted by molar-refractivity contribution is -0.291. The second-order valence-corrected chi connectivity index (χ2v) is 39.0. The van der Waals surface area contributed by atoms with E-state index in [1.54, 1.807) is 45.5 Å². The molecule has 0 fully saturated rings. The van der Waals surface area contributed by atoms with Gasteiger partial charge in [0.05, 0.1) is 13.2 Å². The summed E-state index contributed by atoms with van der Waals surface area (Å²) in [6.45, 7) is 18.9. The first-order chi connectivity index (χ1) is 27.4. The Balaban J connectivity index is 3.60. The smallest absolute Gasteiger partial charge is 0.456 e. The first kappa shape index (κ1) is 57.8. The molecule has 0 spiro atoms. The molecule has 0 atom stereocenters. The van der Waals surface area contributed by atoms with Gasteiger partial charge in [0.25, 0.3) is 0 Å². The first-order valence-corrected chi connectivity index (χ1v) is 37.7. The lowest BCUT2D eigenvalue weighted by Gasteiger charge is -2.24. The predicted molar refractivity (Wildman–Crippen MR) is 262 cm³/mol. The third-order valence-corrected chi connectivity index (χ3v) is 27.0. The van der Waals surface area contributed by atoms with Crippen LogP contribution in [0.25, 0.3) is 0 Å². The molecule has 0 heterocycles. The van der Waals surface area contributed by atoms with Crippen molar-refractivity contribution in [3.63, 3.8) is 0 Å². The van der Waals surface area contributed by atoms with Gasteiger partial charge < -0.3 is 17.4 Å². The summed E-state index contributed by atoms with van der Waals surface area (Å²) in [5.74, 6) is 0. The highest BCUT2D eigenvalue weighted by atomic mass is 28.4. The van der Waals surface area contributed by atoms with Crippen LogP contribution in [0.3, 0.4) is 0 Å². The standard InChI is InChI=1S/C46H102O6Si5/c1-11-50-51-39-31-23-15-13-12-14-17-25-33-41-54(5,6)43-35-27-19-20-28-36-44-55(7,8)42-34-26-18-16-24-32-40-53-52-56(9,10)45-37-29-21-22-30-38-46-57(47-2,48-3)49-4/h11-46H2,1-10H3. The molecule has 0 saturated heterocycles. The molecule has 6 nitrogen and oxygen atoms in total. The van der Waals surface area contributed by atoms with Gasteiger partial charge in [0.2, 0.25) is 9.76 Å². The van der Waals surface area contributed by atoms with Crippen LogP contribution in [-0.2, 0) is 27.2 Å². The van der Waals surface area contributed by atoms with Crippen molar-refractivity contribution in [3.05, 3.63) is 0 Å². The van der Waals surface area contributed by atoms with Crippen molar-refractivity contribution in [2.45, 2.75) is 262 Å². The molecule has 0 bridgehead atoms. The molecule has 0 unspecified atom stereocenters. The van der Waals surface area contributed by atoms with Crippen LogP contribution in [0.5, 0.6) is 0 Å². The number of hydrogen-bond acceptors (Lipinski definition) is 6. The average Bonchev–Trinajstić information content (AvgIpc) is 3.18. The van der Waals surface area contributed by atoms with Gasteiger partial charge in [-0.1, -0.05) is 211 Å². The van der Waals surface area contributed by atoms with Gasteiger partial charge in [-0.25, -0.2) is 9.78 Å². The third-order valence-electron chi connectivity index (χ3n) is 12.4. The molecule has 0 amide bonds. The van der Waals surface area contributed by atoms with Crippen molar-refractivity contribution in [3.8, 4) is 0 Å². The molecular formula is C46H102O6Si5. The van der Waals surface area contributed by atoms with E-state index >= 15 is 0 Å². The Morgan fingerprint density at radius 3 is 1.04 bits per heavy atom. The van der Waals surface area contributed by atoms with E-state index in [9.17, 15) is 0 Å². The van der Waals surface area contributed by atoms with Gasteiger partial charge in [-0.2, -0.15) is 0 Å². The van der Waals surface area contributed by atoms with Crippen molar-refractivity contribution in [2.75, 3.05) is 34.5 Å². The molecule has 0 N–H and O–H groups in total. The summed E-state index contributed by atoms with van der Waals surface area (Å²) in [6, 6.07) is 9.72. The monoisotopic (exact) mass is 891 g/mol. The fourth-order valence-electron chi connectivity index (χ4n) is 8.27. The zero-order valence-corrected chi connectivity index (χ0v) is 45.4. The van der Waals surface area contributed by atoms with E-state index < -0.39 is 33.3 Å². The quantitative estimate of drug-likeness (QED) is 0.0263. The fraction of sp³-hybridized carbons (Fsp3) is 1.00. The number of unbranched alkanes of at least 4 members (excludes halogenated alkanes) is 23. The van der Waals surface area contributed by atoms with E-state index in [1.807, 2.05) is 6.92 Å². The topological polar surface area (TPSA) is 55.4 Å². The van der Waals surface area contributed by atoms with Crippen molar-refractivity contribution >= 4 is 43.0 Å². The van der Waals surface area contributed by atoms with Crippen LogP contribution in [0.15, 0.2) is 0 Å². The normalized spacial score (nSPS) is 12.9. The van der Waals surface area contributed by atoms with Crippen LogP contribution in [0, 0.1) is 0 Å². The van der Waals surface area contributed by atoms with E-state index in [1.165, 1.54) is 173 Å². The lowest BCUT2D eigenvalue weighted by Crippen LogP contribution is -2.42. The van der Waals surface area contributed by atoms with Gasteiger partial charge in [0.1, 0.15) is 0 Å². The molecule has 0 aliphatic heterocycles. The zero-order chi connectivity index (χ0) is 42.4. The zero-order valence-electron chi connectivity index (χ0n) is 40.4. The molecule has 2 radical (unpaired) electrons. The Labute approximate surface area is 364 Å². The van der Waals surface area contributed by atoms with E-state index in [2.05, 4.69) is 39.3 Å². The molecule has 0 saturated carbocycles. The Kier molecular flexibility index (Phi) is 39.1. The lowest BCUT2D eigenvalue weighted by atomic mass is 10.1. The van der Waals surface area contributed by atoms with Gasteiger partial charge in [-0.05, 0) is 44.9 Å². The van der Waals surface area contributed by atoms with Gasteiger partial charge in [0.15, 0.2) is 8.32 Å². The van der Waals surface area contributed by atoms with E-state index in [0.717, 1.165) is 35.3 Å². The fourth-order valence-corrected chi connectivity index (χ4v) is 19.3. The van der Waals surface area contributed by atoms with Crippen LogP contribution < -0.4 is 0 Å². The summed E-state index contributed by atoms with van der Waals surface area (Å²) in [5, 5.41) is 0. The Morgan fingerprint density at radius 1 is 0.351 bits per heavy atom. The highest BCUT2D eigenvalue weighted by Crippen LogP contribution is 2.26. The molecule has 0 rings (SSSR count). The number of rotatable bonds is 46. The molecule has 0 aromatic carbocycles. The molecule has 11 heteroatoms. The van der Waals surface area contributed by atoms with E-state index in [0.29, 0.717) is 6.61 Å². The maximum absolute atomic E-state index is 6.48. The Morgan fingerprint density at radius 2 is 0.667 bits per heavy atom. The minimum Gasteiger partial charge on any atom is -0.456 e. The highest BCUT2D eigenvalue weighted by molar-refractivity contribution is 6.77. The summed E-state index contributed by atoms with van der Waals surface area (Å²) >= 11 is 0. The number of hydrogen-bond donors (Lipinski definition) is 0. The maximum atomic E-state index is 6.48. The molecule has 0 aromatic heterocycles. The molecular weight excluding hydrogens is 789 g/mol. The molecule has 0 aromatic rings. The van der Waals surface area contributed by atoms with E-state index in [4.69, 9.17) is 27.2 Å². The van der Waals surface area contributed by atoms with Gasteiger partial charge >= 0.3 is 8.80 Å². The second kappa shape index (κ2) is 38.5. The summed E-state index contributed by atoms with van der Waals surface area (Å²) < 4.78 is 23.1. The van der Waals surface area contributed by atoms with Crippen LogP contribution in [0.1, 0.15) is 180 Å². The highest BCUT2D eigenvalue weighted by Gasteiger charge is 2.36. The third kappa shape index (κ3) is 38.3. The maximum Gasteiger partial charge on any atom is 0.500 e. The second-order valence-electron chi connectivity index (χ2n) is 19.7. The van der Waals surface area contributed by atoms with Gasteiger partial charge in [0, 0.05) is 43.5 Å². The Hall–Kier alpha value is 0.844. The molecule has 342 valence electrons. The minimum absolute atomic E-state index is 0.647. The summed E-state index contributed by atoms with van der Waals surface area (Å²) in [6.07, 6.45) is 37.5. The predicted octanol–water partition coefficient (Wildman–Crippen LogP) is 16.0. The molecule has 0 aliphatic carbocycles. The van der Waals surface area contributed by atoms with Gasteiger partial charge in [-0.3, -0.25) is 0 Å². The SMILES string of the molecule is CCOOCCCCCCCCCCC[Si](C)(C)CCCCCCCC[Si](C)(C)CCCCCCCC[Si]O[Si](C)(C)CCCCCCCC[Si](OC)(OC)OC. The van der Waals surface area contributed by atoms with Gasteiger partial charge in [-0.15, -0.1) is 0 Å². The first-order valence-electron chi connectivity index (χ1n) is 24.7. The van der Waals surface area contributed by atoms with Crippen molar-refractivity contribution in [1.29, 1.82) is 0 Å². The summed E-state index contributed by atoms with van der Waals surface area (Å²) in [7, 11) is -0.00750. The van der Waals surface area contributed by atoms with Crippen LogP contribution in [0.4, 0.5) is 0 Å². The summed E-state index contributed by atoms with van der Waals surface area (Å²) in [5.41, 5.74) is 0.